The van der Waals surface area contributed by atoms with Crippen LogP contribution in [0, 0.1) is 5.82 Å². The third-order valence-electron chi connectivity index (χ3n) is 5.01. The summed E-state index contributed by atoms with van der Waals surface area (Å²) in [4.78, 5) is 17.2. The Labute approximate surface area is 174 Å². The van der Waals surface area contributed by atoms with Crippen LogP contribution in [-0.4, -0.2) is 29.1 Å². The summed E-state index contributed by atoms with van der Waals surface area (Å²) >= 11 is 0. The third-order valence-corrected chi connectivity index (χ3v) is 5.01. The van der Waals surface area contributed by atoms with Crippen LogP contribution in [0.4, 0.5) is 4.39 Å². The van der Waals surface area contributed by atoms with Gasteiger partial charge in [0.25, 0.3) is 5.91 Å². The van der Waals surface area contributed by atoms with E-state index >= 15 is 0 Å². The second-order valence-electron chi connectivity index (χ2n) is 6.90. The Morgan fingerprint density at radius 3 is 2.60 bits per heavy atom. The molecule has 0 atom stereocenters. The molecule has 6 heteroatoms. The van der Waals surface area contributed by atoms with E-state index in [4.69, 9.17) is 9.72 Å². The summed E-state index contributed by atoms with van der Waals surface area (Å²) in [5.74, 6) is 0.872. The van der Waals surface area contributed by atoms with Crippen molar-refractivity contribution in [3.8, 4) is 5.75 Å². The number of benzene rings is 3. The number of hydrogen-bond donors (Lipinski definition) is 1. The minimum absolute atomic E-state index is 0.204. The molecule has 0 fully saturated rings. The maximum Gasteiger partial charge on any atom is 0.255 e. The molecule has 5 nitrogen and oxygen atoms in total. The number of fused-ring (bicyclic) bond motifs is 1. The smallest absolute Gasteiger partial charge is 0.255 e. The second kappa shape index (κ2) is 8.78. The van der Waals surface area contributed by atoms with E-state index in [1.807, 2.05) is 41.0 Å². The van der Waals surface area contributed by atoms with Gasteiger partial charge in [-0.3, -0.25) is 4.79 Å². The van der Waals surface area contributed by atoms with Crippen molar-refractivity contribution in [2.45, 2.75) is 13.0 Å². The number of halogens is 1. The zero-order chi connectivity index (χ0) is 20.9. The first kappa shape index (κ1) is 19.6. The normalized spacial score (nSPS) is 10.9. The molecular formula is C24H22FN3O2. The second-order valence-corrected chi connectivity index (χ2v) is 6.90. The van der Waals surface area contributed by atoms with Gasteiger partial charge in [0.15, 0.2) is 0 Å². The Morgan fingerprint density at radius 1 is 1.03 bits per heavy atom. The summed E-state index contributed by atoms with van der Waals surface area (Å²) in [6.07, 6.45) is 0.518. The lowest BCUT2D eigenvalue weighted by molar-refractivity contribution is 0.0951. The first-order chi connectivity index (χ1) is 14.7. The number of carbonyl (C=O) groups is 1. The minimum Gasteiger partial charge on any atom is -0.496 e. The molecule has 30 heavy (non-hydrogen) atoms. The first-order valence-electron chi connectivity index (χ1n) is 9.76. The number of rotatable bonds is 7. The number of hydrogen-bond acceptors (Lipinski definition) is 3. The molecule has 0 aliphatic heterocycles. The molecule has 4 rings (SSSR count). The largest absolute Gasteiger partial charge is 0.496 e. The molecule has 0 aliphatic carbocycles. The summed E-state index contributed by atoms with van der Waals surface area (Å²) in [5.41, 5.74) is 2.87. The molecular weight excluding hydrogens is 381 g/mol. The fourth-order valence-corrected chi connectivity index (χ4v) is 3.50. The molecule has 1 N–H and O–H groups in total. The molecule has 0 unspecified atom stereocenters. The highest BCUT2D eigenvalue weighted by Gasteiger charge is 2.14. The molecule has 0 aliphatic rings. The van der Waals surface area contributed by atoms with Gasteiger partial charge in [-0.25, -0.2) is 9.37 Å². The number of amides is 1. The molecule has 0 radical (unpaired) electrons. The predicted octanol–water partition coefficient (Wildman–Crippen LogP) is 4.20. The van der Waals surface area contributed by atoms with E-state index < -0.39 is 0 Å². The number of nitrogens with zero attached hydrogens (tertiary/aromatic N) is 2. The Balaban J connectivity index is 1.54. The Morgan fingerprint density at radius 2 is 1.77 bits per heavy atom. The summed E-state index contributed by atoms with van der Waals surface area (Å²) in [7, 11) is 1.54. The number of imidazole rings is 1. The number of ether oxygens (including phenoxy) is 1. The van der Waals surface area contributed by atoms with Gasteiger partial charge in [-0.05, 0) is 30.3 Å². The van der Waals surface area contributed by atoms with Crippen molar-refractivity contribution in [3.05, 3.63) is 95.6 Å². The van der Waals surface area contributed by atoms with Gasteiger partial charge in [0.1, 0.15) is 17.4 Å². The van der Waals surface area contributed by atoms with Crippen molar-refractivity contribution in [2.75, 3.05) is 13.7 Å². The van der Waals surface area contributed by atoms with Gasteiger partial charge < -0.3 is 14.6 Å². The van der Waals surface area contributed by atoms with E-state index in [2.05, 4.69) is 5.32 Å². The average Bonchev–Trinajstić information content (AvgIpc) is 3.12. The molecule has 3 aromatic carbocycles. The Kier molecular flexibility index (Phi) is 5.75. The van der Waals surface area contributed by atoms with Gasteiger partial charge in [-0.2, -0.15) is 0 Å². The highest BCUT2D eigenvalue weighted by molar-refractivity contribution is 5.96. The van der Waals surface area contributed by atoms with Crippen LogP contribution >= 0.6 is 0 Å². The van der Waals surface area contributed by atoms with E-state index in [-0.39, 0.29) is 11.7 Å². The SMILES string of the molecule is COc1ccccc1C(=O)NCCc1nc2ccccc2n1Cc1ccccc1F. The monoisotopic (exact) mass is 403 g/mol. The molecule has 0 saturated heterocycles. The maximum atomic E-state index is 14.2. The van der Waals surface area contributed by atoms with Gasteiger partial charge in [0, 0.05) is 18.5 Å². The summed E-state index contributed by atoms with van der Waals surface area (Å²) in [6.45, 7) is 0.778. The summed E-state index contributed by atoms with van der Waals surface area (Å²) in [6, 6.07) is 21.6. The zero-order valence-electron chi connectivity index (χ0n) is 16.6. The maximum absolute atomic E-state index is 14.2. The Bertz CT molecular complexity index is 1190. The molecule has 0 saturated carbocycles. The van der Waals surface area contributed by atoms with Crippen LogP contribution in [0.5, 0.6) is 5.75 Å². The van der Waals surface area contributed by atoms with Crippen molar-refractivity contribution < 1.29 is 13.9 Å². The van der Waals surface area contributed by atoms with Crippen LogP contribution in [0.3, 0.4) is 0 Å². The number of para-hydroxylation sites is 3. The number of methoxy groups -OCH3 is 1. The zero-order valence-corrected chi connectivity index (χ0v) is 16.6. The van der Waals surface area contributed by atoms with Crippen LogP contribution in [0.15, 0.2) is 72.8 Å². The number of aromatic nitrogens is 2. The van der Waals surface area contributed by atoms with Gasteiger partial charge in [0.05, 0.1) is 30.3 Å². The van der Waals surface area contributed by atoms with Crippen molar-refractivity contribution in [2.24, 2.45) is 0 Å². The standard InChI is InChI=1S/C24H22FN3O2/c1-30-22-13-7-3-9-18(22)24(29)26-15-14-23-27-20-11-5-6-12-21(20)28(23)16-17-8-2-4-10-19(17)25/h2-13H,14-16H2,1H3,(H,26,29). The minimum atomic E-state index is -0.245. The summed E-state index contributed by atoms with van der Waals surface area (Å²) < 4.78 is 21.5. The van der Waals surface area contributed by atoms with Gasteiger partial charge in [-0.15, -0.1) is 0 Å². The van der Waals surface area contributed by atoms with Gasteiger partial charge in [0.2, 0.25) is 0 Å². The first-order valence-corrected chi connectivity index (χ1v) is 9.76. The van der Waals surface area contributed by atoms with Crippen LogP contribution < -0.4 is 10.1 Å². The molecule has 1 heterocycles. The number of nitrogens with one attached hydrogen (secondary N) is 1. The van der Waals surface area contributed by atoms with Gasteiger partial charge >= 0.3 is 0 Å². The average molecular weight is 403 g/mol. The fourth-order valence-electron chi connectivity index (χ4n) is 3.50. The van der Waals surface area contributed by atoms with Crippen molar-refractivity contribution in [3.63, 3.8) is 0 Å². The van der Waals surface area contributed by atoms with Gasteiger partial charge in [-0.1, -0.05) is 42.5 Å². The third kappa shape index (κ3) is 4.03. The van der Waals surface area contributed by atoms with Crippen molar-refractivity contribution >= 4 is 16.9 Å². The Hall–Kier alpha value is -3.67. The lowest BCUT2D eigenvalue weighted by Gasteiger charge is -2.12. The van der Waals surface area contributed by atoms with Crippen LogP contribution in [0.2, 0.25) is 0 Å². The predicted molar refractivity (Wildman–Crippen MR) is 114 cm³/mol. The molecule has 4 aromatic rings. The van der Waals surface area contributed by atoms with E-state index in [9.17, 15) is 9.18 Å². The molecule has 1 aromatic heterocycles. The van der Waals surface area contributed by atoms with E-state index in [0.717, 1.165) is 16.9 Å². The highest BCUT2D eigenvalue weighted by atomic mass is 19.1. The van der Waals surface area contributed by atoms with Crippen molar-refractivity contribution in [1.29, 1.82) is 0 Å². The molecule has 0 spiro atoms. The van der Waals surface area contributed by atoms with E-state index in [1.165, 1.54) is 13.2 Å². The van der Waals surface area contributed by atoms with E-state index in [0.29, 0.717) is 36.4 Å². The summed E-state index contributed by atoms with van der Waals surface area (Å²) in [5, 5.41) is 2.92. The lowest BCUT2D eigenvalue weighted by atomic mass is 10.2. The molecule has 1 amide bonds. The topological polar surface area (TPSA) is 56.1 Å². The quantitative estimate of drug-likeness (QED) is 0.503. The van der Waals surface area contributed by atoms with E-state index in [1.54, 1.807) is 30.3 Å². The van der Waals surface area contributed by atoms with Crippen LogP contribution in [0.1, 0.15) is 21.7 Å². The van der Waals surface area contributed by atoms with Crippen LogP contribution in [0.25, 0.3) is 11.0 Å². The molecule has 152 valence electrons. The molecule has 0 bridgehead atoms. The van der Waals surface area contributed by atoms with Crippen LogP contribution in [-0.2, 0) is 13.0 Å². The lowest BCUT2D eigenvalue weighted by Crippen LogP contribution is -2.27. The van der Waals surface area contributed by atoms with Crippen molar-refractivity contribution in [1.82, 2.24) is 14.9 Å². The fraction of sp³-hybridized carbons (Fsp3) is 0.167. The number of carbonyl (C=O) groups excluding carboxylic acids is 1. The highest BCUT2D eigenvalue weighted by Crippen LogP contribution is 2.20.